The summed E-state index contributed by atoms with van der Waals surface area (Å²) >= 11 is 4.62. The van der Waals surface area contributed by atoms with Crippen LogP contribution in [0.25, 0.3) is 0 Å². The van der Waals surface area contributed by atoms with E-state index in [0.29, 0.717) is 39.0 Å². The number of halogens is 1. The first kappa shape index (κ1) is 21.0. The number of thiazole rings is 1. The molecule has 0 radical (unpaired) electrons. The number of carbonyl (C=O) groups excluding carboxylic acids is 1. The number of nitrogens with one attached hydrogen (secondary N) is 1. The van der Waals surface area contributed by atoms with E-state index in [1.165, 1.54) is 38.7 Å². The van der Waals surface area contributed by atoms with E-state index in [4.69, 9.17) is 19.3 Å². The molecule has 0 unspecified atom stereocenters. The second-order valence-corrected chi connectivity index (χ2v) is 7.26. The fourth-order valence-electron chi connectivity index (χ4n) is 2.38. The largest absolute Gasteiger partial charge is 0.493 e. The molecule has 0 spiro atoms. The third-order valence-corrected chi connectivity index (χ3v) is 5.61. The van der Waals surface area contributed by atoms with Crippen molar-refractivity contribution in [2.24, 2.45) is 0 Å². The quantitative estimate of drug-likeness (QED) is 0.622. The molecule has 0 aliphatic rings. The Labute approximate surface area is 168 Å². The zero-order valence-electron chi connectivity index (χ0n) is 15.2. The van der Waals surface area contributed by atoms with Gasteiger partial charge in [-0.25, -0.2) is 4.98 Å². The van der Waals surface area contributed by atoms with E-state index in [2.05, 4.69) is 26.2 Å². The second-order valence-electron chi connectivity index (χ2n) is 5.38. The highest BCUT2D eigenvalue weighted by molar-refractivity contribution is 9.10. The van der Waals surface area contributed by atoms with E-state index in [0.717, 1.165) is 4.88 Å². The molecule has 27 heavy (non-hydrogen) atoms. The molecule has 0 saturated carbocycles. The van der Waals surface area contributed by atoms with Crippen LogP contribution in [0.5, 0.6) is 17.2 Å². The summed E-state index contributed by atoms with van der Waals surface area (Å²) < 4.78 is 16.3. The molecular weight excluding hydrogens is 440 g/mol. The van der Waals surface area contributed by atoms with Gasteiger partial charge in [-0.05, 0) is 35.3 Å². The number of aryl methyl sites for hydroxylation is 2. The second kappa shape index (κ2) is 9.05. The van der Waals surface area contributed by atoms with Crippen molar-refractivity contribution in [3.8, 4) is 17.2 Å². The average Bonchev–Trinajstić information content (AvgIpc) is 2.98. The van der Waals surface area contributed by atoms with Crippen molar-refractivity contribution < 1.29 is 28.9 Å². The zero-order valence-corrected chi connectivity index (χ0v) is 17.6. The summed E-state index contributed by atoms with van der Waals surface area (Å²) in [6.45, 7) is 1.78. The van der Waals surface area contributed by atoms with Gasteiger partial charge in [0.15, 0.2) is 16.6 Å². The van der Waals surface area contributed by atoms with Crippen LogP contribution >= 0.6 is 27.3 Å². The first-order valence-electron chi connectivity index (χ1n) is 7.80. The molecule has 146 valence electrons. The number of amides is 1. The third kappa shape index (κ3) is 4.69. The van der Waals surface area contributed by atoms with Crippen molar-refractivity contribution in [2.45, 2.75) is 19.8 Å². The maximum atomic E-state index is 12.7. The number of aromatic nitrogens is 1. The minimum absolute atomic E-state index is 0.00878. The normalized spacial score (nSPS) is 10.4. The number of carboxylic acid groups (broad SMARTS) is 1. The smallest absolute Gasteiger partial charge is 0.303 e. The Balaban J connectivity index is 2.31. The number of nitrogens with zero attached hydrogens (tertiary/aromatic N) is 1. The number of carbonyl (C=O) groups is 2. The van der Waals surface area contributed by atoms with Gasteiger partial charge in [0.25, 0.3) is 5.91 Å². The summed E-state index contributed by atoms with van der Waals surface area (Å²) in [7, 11) is 4.40. The highest BCUT2D eigenvalue weighted by Crippen LogP contribution is 2.44. The van der Waals surface area contributed by atoms with Crippen LogP contribution in [0.15, 0.2) is 10.5 Å². The number of methoxy groups -OCH3 is 3. The van der Waals surface area contributed by atoms with Crippen molar-refractivity contribution >= 4 is 44.3 Å². The van der Waals surface area contributed by atoms with Gasteiger partial charge in [-0.2, -0.15) is 0 Å². The number of rotatable bonds is 8. The number of benzene rings is 1. The Bertz CT molecular complexity index is 868. The SMILES string of the molecule is COc1cc(C(=O)Nc2nc(C)c(CCC(=O)O)s2)c(Br)c(OC)c1OC. The lowest BCUT2D eigenvalue weighted by atomic mass is 10.1. The van der Waals surface area contributed by atoms with Gasteiger partial charge in [0.2, 0.25) is 5.75 Å². The summed E-state index contributed by atoms with van der Waals surface area (Å²) in [5.41, 5.74) is 0.977. The topological polar surface area (TPSA) is 107 Å². The number of carboxylic acids is 1. The highest BCUT2D eigenvalue weighted by Gasteiger charge is 2.23. The molecule has 2 rings (SSSR count). The fraction of sp³-hybridized carbons (Fsp3) is 0.353. The van der Waals surface area contributed by atoms with E-state index in [1.807, 2.05) is 0 Å². The van der Waals surface area contributed by atoms with Gasteiger partial charge in [-0.3, -0.25) is 14.9 Å². The lowest BCUT2D eigenvalue weighted by Gasteiger charge is -2.16. The minimum Gasteiger partial charge on any atom is -0.493 e. The lowest BCUT2D eigenvalue weighted by molar-refractivity contribution is -0.136. The molecule has 1 aromatic carbocycles. The maximum absolute atomic E-state index is 12.7. The fourth-order valence-corrected chi connectivity index (χ4v) is 3.98. The molecule has 0 bridgehead atoms. The third-order valence-electron chi connectivity index (χ3n) is 3.69. The molecule has 0 aliphatic carbocycles. The summed E-state index contributed by atoms with van der Waals surface area (Å²) in [6.07, 6.45) is 0.372. The monoisotopic (exact) mass is 458 g/mol. The van der Waals surface area contributed by atoms with Gasteiger partial charge in [0.1, 0.15) is 0 Å². The predicted octanol–water partition coefficient (Wildman–Crippen LogP) is 3.51. The zero-order chi connectivity index (χ0) is 20.1. The molecule has 8 nitrogen and oxygen atoms in total. The van der Waals surface area contributed by atoms with Crippen LogP contribution in [0.3, 0.4) is 0 Å². The molecule has 0 atom stereocenters. The molecule has 2 N–H and O–H groups in total. The standard InChI is InChI=1S/C17H19BrN2O6S/c1-8-11(5-6-12(21)22)27-17(19-8)20-16(23)9-7-10(24-2)14(25-3)15(26-4)13(9)18/h7H,5-6H2,1-4H3,(H,21,22)(H,19,20,23). The van der Waals surface area contributed by atoms with E-state index in [-0.39, 0.29) is 12.0 Å². The number of aliphatic carboxylic acids is 1. The van der Waals surface area contributed by atoms with Crippen molar-refractivity contribution in [1.82, 2.24) is 4.98 Å². The Morgan fingerprint density at radius 1 is 1.22 bits per heavy atom. The summed E-state index contributed by atoms with van der Waals surface area (Å²) in [4.78, 5) is 28.6. The summed E-state index contributed by atoms with van der Waals surface area (Å²) in [5, 5.41) is 11.9. The predicted molar refractivity (Wildman–Crippen MR) is 105 cm³/mol. The van der Waals surface area contributed by atoms with Crippen LogP contribution in [-0.2, 0) is 11.2 Å². The Morgan fingerprint density at radius 2 is 1.89 bits per heavy atom. The van der Waals surface area contributed by atoms with Crippen LogP contribution in [0, 0.1) is 6.92 Å². The number of anilines is 1. The molecule has 2 aromatic rings. The van der Waals surface area contributed by atoms with Crippen LogP contribution in [0.2, 0.25) is 0 Å². The molecule has 10 heteroatoms. The lowest BCUT2D eigenvalue weighted by Crippen LogP contribution is -2.13. The van der Waals surface area contributed by atoms with E-state index < -0.39 is 11.9 Å². The molecule has 0 aliphatic heterocycles. The van der Waals surface area contributed by atoms with Crippen molar-refractivity contribution in [3.05, 3.63) is 26.7 Å². The number of hydrogen-bond acceptors (Lipinski definition) is 7. The van der Waals surface area contributed by atoms with Crippen LogP contribution in [-0.4, -0.2) is 43.3 Å². The van der Waals surface area contributed by atoms with Gasteiger partial charge >= 0.3 is 5.97 Å². The van der Waals surface area contributed by atoms with Gasteiger partial charge in [-0.15, -0.1) is 11.3 Å². The Morgan fingerprint density at radius 3 is 2.44 bits per heavy atom. The van der Waals surface area contributed by atoms with Gasteiger partial charge in [0.05, 0.1) is 43.5 Å². The molecule has 1 amide bonds. The summed E-state index contributed by atoms with van der Waals surface area (Å²) in [5.74, 6) is -0.251. The first-order valence-corrected chi connectivity index (χ1v) is 9.41. The highest BCUT2D eigenvalue weighted by atomic mass is 79.9. The van der Waals surface area contributed by atoms with E-state index >= 15 is 0 Å². The van der Waals surface area contributed by atoms with Crippen molar-refractivity contribution in [1.29, 1.82) is 0 Å². The molecule has 0 fully saturated rings. The van der Waals surface area contributed by atoms with Gasteiger partial charge < -0.3 is 19.3 Å². The maximum Gasteiger partial charge on any atom is 0.303 e. The molecule has 1 heterocycles. The Hall–Kier alpha value is -2.33. The first-order chi connectivity index (χ1) is 12.8. The van der Waals surface area contributed by atoms with Gasteiger partial charge in [0, 0.05) is 4.88 Å². The number of hydrogen-bond donors (Lipinski definition) is 2. The van der Waals surface area contributed by atoms with Gasteiger partial charge in [-0.1, -0.05) is 0 Å². The van der Waals surface area contributed by atoms with E-state index in [1.54, 1.807) is 6.92 Å². The van der Waals surface area contributed by atoms with Crippen molar-refractivity contribution in [2.75, 3.05) is 26.6 Å². The summed E-state index contributed by atoms with van der Waals surface area (Å²) in [6, 6.07) is 1.53. The van der Waals surface area contributed by atoms with E-state index in [9.17, 15) is 9.59 Å². The Kier molecular flexibility index (Phi) is 7.03. The minimum atomic E-state index is -0.880. The van der Waals surface area contributed by atoms with Crippen LogP contribution in [0.1, 0.15) is 27.3 Å². The molecule has 1 aromatic heterocycles. The van der Waals surface area contributed by atoms with Crippen LogP contribution in [0.4, 0.5) is 5.13 Å². The molecule has 0 saturated heterocycles. The van der Waals surface area contributed by atoms with Crippen molar-refractivity contribution in [3.63, 3.8) is 0 Å². The van der Waals surface area contributed by atoms with Crippen LogP contribution < -0.4 is 19.5 Å². The average molecular weight is 459 g/mol. The number of ether oxygens (including phenoxy) is 3. The molecular formula is C17H19BrN2O6S.